The summed E-state index contributed by atoms with van der Waals surface area (Å²) in [5.74, 6) is 1.40. The molecule has 2 heteroatoms. The summed E-state index contributed by atoms with van der Waals surface area (Å²) in [7, 11) is 1.90. The van der Waals surface area contributed by atoms with Crippen molar-refractivity contribution in [3.8, 4) is 0 Å². The number of methoxy groups -OCH3 is 1. The predicted octanol–water partition coefficient (Wildman–Crippen LogP) is 4.03. The molecular weight excluding hydrogens is 236 g/mol. The van der Waals surface area contributed by atoms with Crippen LogP contribution in [0.15, 0.2) is 0 Å². The van der Waals surface area contributed by atoms with E-state index in [1.165, 1.54) is 25.7 Å². The SMILES string of the molecule is CO[C@H]1C[C@@]2(C)OCC[C@@H]2[C@@]2(C)CCCC(C)(C)[C@H]12. The van der Waals surface area contributed by atoms with Crippen LogP contribution in [0.3, 0.4) is 0 Å². The smallest absolute Gasteiger partial charge is 0.0713 e. The average Bonchev–Trinajstić information content (AvgIpc) is 2.69. The monoisotopic (exact) mass is 266 g/mol. The summed E-state index contributed by atoms with van der Waals surface area (Å²) in [5, 5.41) is 0. The van der Waals surface area contributed by atoms with Gasteiger partial charge in [0.05, 0.1) is 11.7 Å². The first kappa shape index (κ1) is 13.9. The fraction of sp³-hybridized carbons (Fsp3) is 1.00. The van der Waals surface area contributed by atoms with Gasteiger partial charge in [0.25, 0.3) is 0 Å². The van der Waals surface area contributed by atoms with Crippen LogP contribution in [0.2, 0.25) is 0 Å². The van der Waals surface area contributed by atoms with E-state index in [9.17, 15) is 0 Å². The number of hydrogen-bond donors (Lipinski definition) is 0. The molecule has 0 amide bonds. The van der Waals surface area contributed by atoms with E-state index in [1.54, 1.807) is 0 Å². The Morgan fingerprint density at radius 2 is 1.84 bits per heavy atom. The highest BCUT2D eigenvalue weighted by Crippen LogP contribution is 2.65. The first-order valence-electron chi connectivity index (χ1n) is 8.00. The predicted molar refractivity (Wildman–Crippen MR) is 77.1 cm³/mol. The summed E-state index contributed by atoms with van der Waals surface area (Å²) in [6, 6.07) is 0. The highest BCUT2D eigenvalue weighted by molar-refractivity contribution is 5.12. The van der Waals surface area contributed by atoms with Crippen LogP contribution >= 0.6 is 0 Å². The first-order valence-corrected chi connectivity index (χ1v) is 8.00. The van der Waals surface area contributed by atoms with Crippen LogP contribution in [0.5, 0.6) is 0 Å². The summed E-state index contributed by atoms with van der Waals surface area (Å²) in [6.45, 7) is 10.7. The van der Waals surface area contributed by atoms with E-state index in [-0.39, 0.29) is 5.60 Å². The van der Waals surface area contributed by atoms with Crippen LogP contribution in [-0.4, -0.2) is 25.4 Å². The van der Waals surface area contributed by atoms with E-state index in [0.29, 0.717) is 22.9 Å². The molecule has 3 aliphatic rings. The molecule has 0 aromatic heterocycles. The number of ether oxygens (including phenoxy) is 2. The van der Waals surface area contributed by atoms with Gasteiger partial charge in [-0.2, -0.15) is 0 Å². The molecular formula is C17H30O2. The summed E-state index contributed by atoms with van der Waals surface area (Å²) in [6.07, 6.45) is 6.75. The molecule has 1 aliphatic heterocycles. The van der Waals surface area contributed by atoms with Gasteiger partial charge in [-0.25, -0.2) is 0 Å². The summed E-state index contributed by atoms with van der Waals surface area (Å²) >= 11 is 0. The quantitative estimate of drug-likeness (QED) is 0.713. The van der Waals surface area contributed by atoms with Crippen molar-refractivity contribution in [1.29, 1.82) is 0 Å². The van der Waals surface area contributed by atoms with Gasteiger partial charge in [-0.1, -0.05) is 27.2 Å². The van der Waals surface area contributed by atoms with Crippen LogP contribution < -0.4 is 0 Å². The van der Waals surface area contributed by atoms with Crippen molar-refractivity contribution in [2.45, 2.75) is 71.5 Å². The zero-order valence-electron chi connectivity index (χ0n) is 13.3. The minimum atomic E-state index is 0.0549. The van der Waals surface area contributed by atoms with Gasteiger partial charge in [-0.3, -0.25) is 0 Å². The van der Waals surface area contributed by atoms with Gasteiger partial charge in [-0.15, -0.1) is 0 Å². The van der Waals surface area contributed by atoms with Gasteiger partial charge in [-0.05, 0) is 48.9 Å². The molecule has 0 aromatic rings. The van der Waals surface area contributed by atoms with Crippen LogP contribution in [0.4, 0.5) is 0 Å². The lowest BCUT2D eigenvalue weighted by Crippen LogP contribution is -2.61. The molecule has 0 radical (unpaired) electrons. The van der Waals surface area contributed by atoms with Crippen molar-refractivity contribution in [2.24, 2.45) is 22.7 Å². The molecule has 2 aliphatic carbocycles. The molecule has 1 heterocycles. The van der Waals surface area contributed by atoms with E-state index in [4.69, 9.17) is 9.47 Å². The Morgan fingerprint density at radius 1 is 1.11 bits per heavy atom. The van der Waals surface area contributed by atoms with Crippen LogP contribution in [0.25, 0.3) is 0 Å². The second-order valence-corrected chi connectivity index (χ2v) is 8.31. The molecule has 110 valence electrons. The highest BCUT2D eigenvalue weighted by atomic mass is 16.5. The number of rotatable bonds is 1. The minimum absolute atomic E-state index is 0.0549. The van der Waals surface area contributed by atoms with Crippen molar-refractivity contribution in [1.82, 2.24) is 0 Å². The van der Waals surface area contributed by atoms with Crippen molar-refractivity contribution in [3.63, 3.8) is 0 Å². The molecule has 0 N–H and O–H groups in total. The molecule has 5 atom stereocenters. The maximum absolute atomic E-state index is 6.18. The molecule has 0 unspecified atom stereocenters. The Bertz CT molecular complexity index is 364. The minimum Gasteiger partial charge on any atom is -0.381 e. The Hall–Kier alpha value is -0.0800. The Kier molecular flexibility index (Phi) is 3.07. The Labute approximate surface area is 118 Å². The van der Waals surface area contributed by atoms with E-state index >= 15 is 0 Å². The second-order valence-electron chi connectivity index (χ2n) is 8.31. The zero-order chi connectivity index (χ0) is 13.9. The normalized spacial score (nSPS) is 52.6. The van der Waals surface area contributed by atoms with Gasteiger partial charge < -0.3 is 9.47 Å². The van der Waals surface area contributed by atoms with Crippen molar-refractivity contribution < 1.29 is 9.47 Å². The van der Waals surface area contributed by atoms with Crippen LogP contribution in [0, 0.1) is 22.7 Å². The Morgan fingerprint density at radius 3 is 2.53 bits per heavy atom. The average molecular weight is 266 g/mol. The lowest BCUT2D eigenvalue weighted by atomic mass is 9.45. The fourth-order valence-electron chi connectivity index (χ4n) is 6.23. The summed E-state index contributed by atoms with van der Waals surface area (Å²) in [5.41, 5.74) is 0.850. The third-order valence-corrected chi connectivity index (χ3v) is 6.74. The lowest BCUT2D eigenvalue weighted by Gasteiger charge is -2.62. The maximum atomic E-state index is 6.18. The van der Waals surface area contributed by atoms with Crippen LogP contribution in [0.1, 0.15) is 59.8 Å². The van der Waals surface area contributed by atoms with Gasteiger partial charge in [0, 0.05) is 20.1 Å². The van der Waals surface area contributed by atoms with Crippen molar-refractivity contribution >= 4 is 0 Å². The molecule has 1 saturated heterocycles. The van der Waals surface area contributed by atoms with E-state index in [1.807, 2.05) is 7.11 Å². The molecule has 0 aromatic carbocycles. The Balaban J connectivity index is 2.04. The number of fused-ring (bicyclic) bond motifs is 3. The third kappa shape index (κ3) is 1.82. The van der Waals surface area contributed by atoms with Gasteiger partial charge in [0.1, 0.15) is 0 Å². The number of hydrogen-bond acceptors (Lipinski definition) is 2. The van der Waals surface area contributed by atoms with Crippen LogP contribution in [-0.2, 0) is 9.47 Å². The lowest BCUT2D eigenvalue weighted by molar-refractivity contribution is -0.205. The third-order valence-electron chi connectivity index (χ3n) is 6.74. The zero-order valence-corrected chi connectivity index (χ0v) is 13.3. The van der Waals surface area contributed by atoms with E-state index in [0.717, 1.165) is 18.9 Å². The molecule has 0 bridgehead atoms. The van der Waals surface area contributed by atoms with Gasteiger partial charge in [0.2, 0.25) is 0 Å². The van der Waals surface area contributed by atoms with Crippen molar-refractivity contribution in [2.75, 3.05) is 13.7 Å². The molecule has 0 spiro atoms. The van der Waals surface area contributed by atoms with Gasteiger partial charge >= 0.3 is 0 Å². The fourth-order valence-corrected chi connectivity index (χ4v) is 6.23. The molecule has 19 heavy (non-hydrogen) atoms. The van der Waals surface area contributed by atoms with E-state index < -0.39 is 0 Å². The van der Waals surface area contributed by atoms with E-state index in [2.05, 4.69) is 27.7 Å². The maximum Gasteiger partial charge on any atom is 0.0713 e. The molecule has 2 saturated carbocycles. The largest absolute Gasteiger partial charge is 0.381 e. The summed E-state index contributed by atoms with van der Waals surface area (Å²) < 4.78 is 12.1. The standard InChI is InChI=1S/C17H30O2/c1-15(2)8-6-9-16(3)13-7-10-19-17(13,4)11-12(18-5)14(15)16/h12-14H,6-11H2,1-5H3/t12-,13+,14-,16+,17+/m0/s1. The first-order chi connectivity index (χ1) is 8.83. The molecule has 3 fully saturated rings. The topological polar surface area (TPSA) is 18.5 Å². The molecule has 2 nitrogen and oxygen atoms in total. The second kappa shape index (κ2) is 4.21. The summed E-state index contributed by atoms with van der Waals surface area (Å²) in [4.78, 5) is 0. The van der Waals surface area contributed by atoms with Gasteiger partial charge in [0.15, 0.2) is 0 Å². The highest BCUT2D eigenvalue weighted by Gasteiger charge is 2.63. The molecule has 3 rings (SSSR count). The van der Waals surface area contributed by atoms with Crippen molar-refractivity contribution in [3.05, 3.63) is 0 Å².